The fourth-order valence-electron chi connectivity index (χ4n) is 1.84. The van der Waals surface area contributed by atoms with E-state index in [9.17, 15) is 9.59 Å². The average molecular weight is 265 g/mol. The Labute approximate surface area is 112 Å². The maximum Gasteiger partial charge on any atom is 0.315 e. The molecule has 0 saturated heterocycles. The fourth-order valence-corrected chi connectivity index (χ4v) is 1.84. The summed E-state index contributed by atoms with van der Waals surface area (Å²) in [6.07, 6.45) is 0. The van der Waals surface area contributed by atoms with Gasteiger partial charge in [-0.05, 0) is 32.0 Å². The lowest BCUT2D eigenvalue weighted by atomic mass is 9.83. The SMILES string of the molecule is COC(=O)C(C)(C)c1cc(NC(C)=O)ccc1OC. The molecule has 0 radical (unpaired) electrons. The van der Waals surface area contributed by atoms with Gasteiger partial charge in [0.15, 0.2) is 0 Å². The number of rotatable bonds is 4. The van der Waals surface area contributed by atoms with E-state index in [-0.39, 0.29) is 11.9 Å². The summed E-state index contributed by atoms with van der Waals surface area (Å²) in [5.41, 5.74) is 0.405. The molecule has 0 heterocycles. The highest BCUT2D eigenvalue weighted by Crippen LogP contribution is 2.34. The number of ether oxygens (including phenoxy) is 2. The van der Waals surface area contributed by atoms with E-state index in [1.54, 1.807) is 32.0 Å². The van der Waals surface area contributed by atoms with Gasteiger partial charge in [-0.1, -0.05) is 0 Å². The fraction of sp³-hybridized carbons (Fsp3) is 0.429. The number of methoxy groups -OCH3 is 2. The molecule has 0 aliphatic carbocycles. The number of esters is 1. The van der Waals surface area contributed by atoms with Gasteiger partial charge in [-0.25, -0.2) is 0 Å². The molecule has 104 valence electrons. The highest BCUT2D eigenvalue weighted by Gasteiger charge is 2.34. The molecule has 5 heteroatoms. The molecule has 0 unspecified atom stereocenters. The van der Waals surface area contributed by atoms with Crippen molar-refractivity contribution in [3.63, 3.8) is 0 Å². The van der Waals surface area contributed by atoms with Crippen LogP contribution in [0.15, 0.2) is 18.2 Å². The Balaban J connectivity index is 3.29. The zero-order valence-electron chi connectivity index (χ0n) is 11.9. The van der Waals surface area contributed by atoms with Gasteiger partial charge in [0.25, 0.3) is 0 Å². The number of carbonyl (C=O) groups excluding carboxylic acids is 2. The van der Waals surface area contributed by atoms with Gasteiger partial charge in [-0.15, -0.1) is 0 Å². The normalized spacial score (nSPS) is 10.8. The number of hydrogen-bond donors (Lipinski definition) is 1. The van der Waals surface area contributed by atoms with Crippen molar-refractivity contribution in [1.29, 1.82) is 0 Å². The second-order valence-electron chi connectivity index (χ2n) is 4.71. The van der Waals surface area contributed by atoms with Gasteiger partial charge in [0.1, 0.15) is 5.75 Å². The standard InChI is InChI=1S/C14H19NO4/c1-9(16)15-10-6-7-12(18-4)11(8-10)14(2,3)13(17)19-5/h6-8H,1-5H3,(H,15,16). The first kappa shape index (κ1) is 15.0. The first-order valence-corrected chi connectivity index (χ1v) is 5.87. The Morgan fingerprint density at radius 2 is 1.84 bits per heavy atom. The van der Waals surface area contributed by atoms with Gasteiger partial charge < -0.3 is 14.8 Å². The topological polar surface area (TPSA) is 64.6 Å². The largest absolute Gasteiger partial charge is 0.496 e. The van der Waals surface area contributed by atoms with Crippen molar-refractivity contribution in [1.82, 2.24) is 0 Å². The van der Waals surface area contributed by atoms with Crippen LogP contribution in [0.3, 0.4) is 0 Å². The summed E-state index contributed by atoms with van der Waals surface area (Å²) < 4.78 is 10.1. The van der Waals surface area contributed by atoms with Crippen LogP contribution in [0.2, 0.25) is 0 Å². The van der Waals surface area contributed by atoms with Crippen LogP contribution in [-0.2, 0) is 19.7 Å². The molecule has 0 saturated carbocycles. The minimum absolute atomic E-state index is 0.174. The van der Waals surface area contributed by atoms with Crippen molar-refractivity contribution in [2.24, 2.45) is 0 Å². The molecule has 5 nitrogen and oxygen atoms in total. The van der Waals surface area contributed by atoms with E-state index < -0.39 is 5.41 Å². The molecule has 0 atom stereocenters. The summed E-state index contributed by atoms with van der Waals surface area (Å²) in [7, 11) is 2.87. The molecule has 1 aromatic carbocycles. The monoisotopic (exact) mass is 265 g/mol. The summed E-state index contributed by atoms with van der Waals surface area (Å²) >= 11 is 0. The van der Waals surface area contributed by atoms with E-state index in [1.165, 1.54) is 21.1 Å². The lowest BCUT2D eigenvalue weighted by molar-refractivity contribution is -0.146. The number of nitrogens with one attached hydrogen (secondary N) is 1. The third-order valence-electron chi connectivity index (χ3n) is 2.89. The van der Waals surface area contributed by atoms with E-state index in [1.807, 2.05) is 0 Å². The van der Waals surface area contributed by atoms with E-state index >= 15 is 0 Å². The maximum atomic E-state index is 11.9. The smallest absolute Gasteiger partial charge is 0.315 e. The molecule has 19 heavy (non-hydrogen) atoms. The Morgan fingerprint density at radius 3 is 2.32 bits per heavy atom. The van der Waals surface area contributed by atoms with Crippen molar-refractivity contribution >= 4 is 17.6 Å². The summed E-state index contributed by atoms with van der Waals surface area (Å²) in [6, 6.07) is 5.15. The summed E-state index contributed by atoms with van der Waals surface area (Å²) in [5.74, 6) is 0.0299. The first-order valence-electron chi connectivity index (χ1n) is 5.87. The Bertz CT molecular complexity index is 494. The average Bonchev–Trinajstić information content (AvgIpc) is 2.36. The van der Waals surface area contributed by atoms with Gasteiger partial charge in [0.2, 0.25) is 5.91 Å². The zero-order valence-corrected chi connectivity index (χ0v) is 11.9. The molecule has 1 N–H and O–H groups in total. The molecule has 0 bridgehead atoms. The van der Waals surface area contributed by atoms with Crippen LogP contribution in [-0.4, -0.2) is 26.1 Å². The lowest BCUT2D eigenvalue weighted by Gasteiger charge is -2.24. The van der Waals surface area contributed by atoms with Gasteiger partial charge >= 0.3 is 5.97 Å². The Kier molecular flexibility index (Phi) is 4.53. The molecule has 1 rings (SSSR count). The summed E-state index contributed by atoms with van der Waals surface area (Å²) in [6.45, 7) is 4.91. The van der Waals surface area contributed by atoms with Gasteiger partial charge in [0, 0.05) is 18.2 Å². The molecule has 0 aliphatic rings. The number of hydrogen-bond acceptors (Lipinski definition) is 4. The van der Waals surface area contributed by atoms with E-state index in [0.717, 1.165) is 0 Å². The predicted octanol–water partition coefficient (Wildman–Crippen LogP) is 2.10. The van der Waals surface area contributed by atoms with Gasteiger partial charge in [0.05, 0.1) is 19.6 Å². The quantitative estimate of drug-likeness (QED) is 0.847. The van der Waals surface area contributed by atoms with Gasteiger partial charge in [-0.2, -0.15) is 0 Å². The number of benzene rings is 1. The van der Waals surface area contributed by atoms with E-state index in [2.05, 4.69) is 5.32 Å². The highest BCUT2D eigenvalue weighted by molar-refractivity contribution is 5.90. The third-order valence-corrected chi connectivity index (χ3v) is 2.89. The summed E-state index contributed by atoms with van der Waals surface area (Å²) in [4.78, 5) is 23.0. The van der Waals surface area contributed by atoms with Gasteiger partial charge in [-0.3, -0.25) is 9.59 Å². The molecule has 0 fully saturated rings. The number of amides is 1. The van der Waals surface area contributed by atoms with Crippen molar-refractivity contribution in [3.05, 3.63) is 23.8 Å². The van der Waals surface area contributed by atoms with E-state index in [4.69, 9.17) is 9.47 Å². The Morgan fingerprint density at radius 1 is 1.21 bits per heavy atom. The lowest BCUT2D eigenvalue weighted by Crippen LogP contribution is -2.30. The van der Waals surface area contributed by atoms with Crippen LogP contribution in [0.25, 0.3) is 0 Å². The molecular weight excluding hydrogens is 246 g/mol. The molecule has 0 aromatic heterocycles. The third kappa shape index (κ3) is 3.24. The zero-order chi connectivity index (χ0) is 14.6. The Hall–Kier alpha value is -2.04. The molecule has 0 aliphatic heterocycles. The van der Waals surface area contributed by atoms with Crippen molar-refractivity contribution in [2.45, 2.75) is 26.2 Å². The maximum absolute atomic E-state index is 11.9. The minimum atomic E-state index is -0.866. The van der Waals surface area contributed by atoms with Crippen molar-refractivity contribution < 1.29 is 19.1 Å². The molecule has 0 spiro atoms. The predicted molar refractivity (Wildman–Crippen MR) is 72.3 cm³/mol. The second kappa shape index (κ2) is 5.73. The minimum Gasteiger partial charge on any atom is -0.496 e. The van der Waals surface area contributed by atoms with Crippen LogP contribution < -0.4 is 10.1 Å². The van der Waals surface area contributed by atoms with Crippen LogP contribution in [0, 0.1) is 0 Å². The van der Waals surface area contributed by atoms with Crippen molar-refractivity contribution in [2.75, 3.05) is 19.5 Å². The van der Waals surface area contributed by atoms with Crippen LogP contribution in [0.1, 0.15) is 26.3 Å². The van der Waals surface area contributed by atoms with Crippen LogP contribution >= 0.6 is 0 Å². The second-order valence-corrected chi connectivity index (χ2v) is 4.71. The number of carbonyl (C=O) groups is 2. The summed E-state index contributed by atoms with van der Waals surface area (Å²) in [5, 5.41) is 2.68. The van der Waals surface area contributed by atoms with Crippen molar-refractivity contribution in [3.8, 4) is 5.75 Å². The highest BCUT2D eigenvalue weighted by atomic mass is 16.5. The first-order chi connectivity index (χ1) is 8.82. The van der Waals surface area contributed by atoms with Crippen LogP contribution in [0.5, 0.6) is 5.75 Å². The van der Waals surface area contributed by atoms with Crippen LogP contribution in [0.4, 0.5) is 5.69 Å². The number of anilines is 1. The molecule has 1 amide bonds. The molecular formula is C14H19NO4. The molecule has 1 aromatic rings. The van der Waals surface area contributed by atoms with E-state index in [0.29, 0.717) is 17.0 Å².